The third-order valence-electron chi connectivity index (χ3n) is 3.87. The van der Waals surface area contributed by atoms with Gasteiger partial charge in [-0.15, -0.1) is 0 Å². The van der Waals surface area contributed by atoms with Gasteiger partial charge in [-0.05, 0) is 67.4 Å². The fourth-order valence-electron chi connectivity index (χ4n) is 2.73. The van der Waals surface area contributed by atoms with Crippen molar-refractivity contribution >= 4 is 17.5 Å². The molecule has 0 saturated heterocycles. The summed E-state index contributed by atoms with van der Waals surface area (Å²) in [5.74, 6) is 0.153. The molecule has 3 aromatic rings. The van der Waals surface area contributed by atoms with Crippen LogP contribution in [-0.2, 0) is 6.54 Å². The summed E-state index contributed by atoms with van der Waals surface area (Å²) < 4.78 is 5.19. The Labute approximate surface area is 152 Å². The van der Waals surface area contributed by atoms with E-state index < -0.39 is 0 Å². The fourth-order valence-corrected chi connectivity index (χ4v) is 2.73. The Hall–Kier alpha value is -3.34. The van der Waals surface area contributed by atoms with E-state index in [1.54, 1.807) is 42.7 Å². The van der Waals surface area contributed by atoms with Crippen molar-refractivity contribution in [1.82, 2.24) is 5.32 Å². The molecule has 0 aliphatic rings. The zero-order valence-corrected chi connectivity index (χ0v) is 14.7. The molecule has 0 unspecified atom stereocenters. The maximum Gasteiger partial charge on any atom is 0.255 e. The molecule has 0 spiro atoms. The van der Waals surface area contributed by atoms with Crippen LogP contribution in [0, 0.1) is 13.8 Å². The fraction of sp³-hybridized carbons (Fsp3) is 0.143. The second kappa shape index (κ2) is 7.70. The highest BCUT2D eigenvalue weighted by Crippen LogP contribution is 2.15. The molecule has 2 aromatic carbocycles. The van der Waals surface area contributed by atoms with Gasteiger partial charge in [-0.25, -0.2) is 0 Å². The van der Waals surface area contributed by atoms with E-state index in [4.69, 9.17) is 4.42 Å². The largest absolute Gasteiger partial charge is 0.467 e. The van der Waals surface area contributed by atoms with Crippen LogP contribution in [0.1, 0.15) is 37.6 Å². The van der Waals surface area contributed by atoms with Gasteiger partial charge >= 0.3 is 0 Å². The second-order valence-electron chi connectivity index (χ2n) is 6.17. The van der Waals surface area contributed by atoms with Gasteiger partial charge in [0.25, 0.3) is 11.8 Å². The number of aryl methyl sites for hydroxylation is 2. The van der Waals surface area contributed by atoms with Gasteiger partial charge in [0.1, 0.15) is 5.76 Å². The number of amides is 2. The van der Waals surface area contributed by atoms with Gasteiger partial charge in [0.05, 0.1) is 12.8 Å². The summed E-state index contributed by atoms with van der Waals surface area (Å²) in [4.78, 5) is 24.8. The van der Waals surface area contributed by atoms with Crippen molar-refractivity contribution in [1.29, 1.82) is 0 Å². The Kier molecular flexibility index (Phi) is 5.17. The molecule has 2 N–H and O–H groups in total. The average molecular weight is 348 g/mol. The van der Waals surface area contributed by atoms with Gasteiger partial charge in [-0.3, -0.25) is 9.59 Å². The molecule has 26 heavy (non-hydrogen) atoms. The molecule has 0 fully saturated rings. The Morgan fingerprint density at radius 2 is 1.58 bits per heavy atom. The summed E-state index contributed by atoms with van der Waals surface area (Å²) in [6.45, 7) is 4.25. The number of benzene rings is 2. The molecule has 0 aliphatic heterocycles. The molecule has 2 amide bonds. The maximum atomic E-state index is 12.5. The normalized spacial score (nSPS) is 10.4. The summed E-state index contributed by atoms with van der Waals surface area (Å²) in [5, 5.41) is 5.64. The maximum absolute atomic E-state index is 12.5. The van der Waals surface area contributed by atoms with Crippen LogP contribution in [0.3, 0.4) is 0 Å². The van der Waals surface area contributed by atoms with Crippen molar-refractivity contribution in [3.05, 3.63) is 88.9 Å². The summed E-state index contributed by atoms with van der Waals surface area (Å²) in [6, 6.07) is 16.0. The first-order chi connectivity index (χ1) is 12.5. The average Bonchev–Trinajstić information content (AvgIpc) is 3.12. The topological polar surface area (TPSA) is 71.3 Å². The first kappa shape index (κ1) is 17.5. The Balaban J connectivity index is 1.69. The minimum atomic E-state index is -0.262. The molecule has 0 radical (unpaired) electrons. The number of hydrogen-bond acceptors (Lipinski definition) is 3. The monoisotopic (exact) mass is 348 g/mol. The van der Waals surface area contributed by atoms with Crippen LogP contribution in [0.4, 0.5) is 5.69 Å². The molecule has 132 valence electrons. The number of anilines is 1. The van der Waals surface area contributed by atoms with Crippen molar-refractivity contribution in [3.63, 3.8) is 0 Å². The molecule has 0 saturated carbocycles. The Morgan fingerprint density at radius 3 is 2.23 bits per heavy atom. The van der Waals surface area contributed by atoms with E-state index in [9.17, 15) is 9.59 Å². The van der Waals surface area contributed by atoms with Gasteiger partial charge in [-0.1, -0.05) is 12.1 Å². The molecule has 1 aromatic heterocycles. The number of furan rings is 1. The lowest BCUT2D eigenvalue weighted by molar-refractivity contribution is 0.0948. The Morgan fingerprint density at radius 1 is 0.885 bits per heavy atom. The molecular weight excluding hydrogens is 328 g/mol. The Bertz CT molecular complexity index is 910. The van der Waals surface area contributed by atoms with Crippen molar-refractivity contribution in [2.45, 2.75) is 20.4 Å². The predicted molar refractivity (Wildman–Crippen MR) is 100 cm³/mol. The SMILES string of the molecule is Cc1cc(C)cc(NC(=O)c2cccc(C(=O)NCc3ccco3)c2)c1. The van der Waals surface area contributed by atoms with E-state index in [0.29, 0.717) is 23.4 Å². The molecule has 1 heterocycles. The van der Waals surface area contributed by atoms with Crippen LogP contribution in [0.5, 0.6) is 0 Å². The van der Waals surface area contributed by atoms with Gasteiger partial charge in [0, 0.05) is 16.8 Å². The first-order valence-electron chi connectivity index (χ1n) is 8.31. The van der Waals surface area contributed by atoms with E-state index in [-0.39, 0.29) is 11.8 Å². The highest BCUT2D eigenvalue weighted by atomic mass is 16.3. The quantitative estimate of drug-likeness (QED) is 0.730. The minimum absolute atomic E-state index is 0.254. The number of carbonyl (C=O) groups is 2. The summed E-state index contributed by atoms with van der Waals surface area (Å²) in [7, 11) is 0. The summed E-state index contributed by atoms with van der Waals surface area (Å²) in [5.41, 5.74) is 3.73. The van der Waals surface area contributed by atoms with E-state index in [1.807, 2.05) is 32.0 Å². The highest BCUT2D eigenvalue weighted by molar-refractivity contribution is 6.06. The van der Waals surface area contributed by atoms with Crippen LogP contribution in [-0.4, -0.2) is 11.8 Å². The first-order valence-corrected chi connectivity index (χ1v) is 8.31. The zero-order valence-electron chi connectivity index (χ0n) is 14.7. The van der Waals surface area contributed by atoms with Crippen LogP contribution >= 0.6 is 0 Å². The van der Waals surface area contributed by atoms with Crippen LogP contribution in [0.25, 0.3) is 0 Å². The van der Waals surface area contributed by atoms with Gasteiger partial charge < -0.3 is 15.1 Å². The van der Waals surface area contributed by atoms with E-state index in [2.05, 4.69) is 10.6 Å². The number of carbonyl (C=O) groups excluding carboxylic acids is 2. The molecule has 5 heteroatoms. The lowest BCUT2D eigenvalue weighted by Gasteiger charge is -2.09. The summed E-state index contributed by atoms with van der Waals surface area (Å²) >= 11 is 0. The lowest BCUT2D eigenvalue weighted by atomic mass is 10.1. The number of hydrogen-bond donors (Lipinski definition) is 2. The van der Waals surface area contributed by atoms with Crippen molar-refractivity contribution < 1.29 is 14.0 Å². The van der Waals surface area contributed by atoms with Gasteiger partial charge in [0.2, 0.25) is 0 Å². The van der Waals surface area contributed by atoms with Crippen molar-refractivity contribution in [2.75, 3.05) is 5.32 Å². The second-order valence-corrected chi connectivity index (χ2v) is 6.17. The molecule has 5 nitrogen and oxygen atoms in total. The zero-order chi connectivity index (χ0) is 18.5. The van der Waals surface area contributed by atoms with Crippen LogP contribution < -0.4 is 10.6 Å². The van der Waals surface area contributed by atoms with E-state index >= 15 is 0 Å². The van der Waals surface area contributed by atoms with Crippen LogP contribution in [0.2, 0.25) is 0 Å². The molecule has 0 atom stereocenters. The summed E-state index contributed by atoms with van der Waals surface area (Å²) in [6.07, 6.45) is 1.56. The number of rotatable bonds is 5. The van der Waals surface area contributed by atoms with Crippen LogP contribution in [0.15, 0.2) is 65.3 Å². The minimum Gasteiger partial charge on any atom is -0.467 e. The molecule has 0 aliphatic carbocycles. The molecule has 3 rings (SSSR count). The van der Waals surface area contributed by atoms with Gasteiger partial charge in [-0.2, -0.15) is 0 Å². The molecular formula is C21H20N2O3. The number of nitrogens with one attached hydrogen (secondary N) is 2. The van der Waals surface area contributed by atoms with E-state index in [1.165, 1.54) is 0 Å². The standard InChI is InChI=1S/C21H20N2O3/c1-14-9-15(2)11-18(10-14)23-21(25)17-6-3-5-16(12-17)20(24)22-13-19-7-4-8-26-19/h3-12H,13H2,1-2H3,(H,22,24)(H,23,25). The highest BCUT2D eigenvalue weighted by Gasteiger charge is 2.11. The van der Waals surface area contributed by atoms with E-state index in [0.717, 1.165) is 16.8 Å². The molecule has 0 bridgehead atoms. The van der Waals surface area contributed by atoms with Gasteiger partial charge in [0.15, 0.2) is 0 Å². The third kappa shape index (κ3) is 4.39. The third-order valence-corrected chi connectivity index (χ3v) is 3.87. The predicted octanol–water partition coefficient (Wildman–Crippen LogP) is 4.08. The lowest BCUT2D eigenvalue weighted by Crippen LogP contribution is -2.23. The van der Waals surface area contributed by atoms with Crippen molar-refractivity contribution in [2.24, 2.45) is 0 Å². The smallest absolute Gasteiger partial charge is 0.255 e. The van der Waals surface area contributed by atoms with Crippen molar-refractivity contribution in [3.8, 4) is 0 Å².